The first-order chi connectivity index (χ1) is 14.6. The lowest BCUT2D eigenvalue weighted by atomic mass is 9.90. The van der Waals surface area contributed by atoms with E-state index >= 15 is 0 Å². The predicted molar refractivity (Wildman–Crippen MR) is 109 cm³/mol. The highest BCUT2D eigenvalue weighted by molar-refractivity contribution is 6.02. The molecule has 30 heavy (non-hydrogen) atoms. The lowest BCUT2D eigenvalue weighted by Gasteiger charge is -2.14. The van der Waals surface area contributed by atoms with Gasteiger partial charge in [-0.2, -0.15) is 0 Å². The highest BCUT2D eigenvalue weighted by atomic mass is 16.5. The molecule has 2 fully saturated rings. The molecule has 4 atom stereocenters. The summed E-state index contributed by atoms with van der Waals surface area (Å²) in [5.41, 5.74) is 2.71. The molecule has 2 aliphatic heterocycles. The van der Waals surface area contributed by atoms with Gasteiger partial charge in [0.05, 0.1) is 32.5 Å². The minimum Gasteiger partial charge on any atom is -0.497 e. The minimum atomic E-state index is -0.274. The lowest BCUT2D eigenvalue weighted by Crippen LogP contribution is -2.30. The molecule has 5 rings (SSSR count). The molecule has 7 heteroatoms. The van der Waals surface area contributed by atoms with Crippen molar-refractivity contribution in [3.05, 3.63) is 58.7 Å². The third-order valence-electron chi connectivity index (χ3n) is 6.37. The van der Waals surface area contributed by atoms with Crippen molar-refractivity contribution in [1.82, 2.24) is 10.6 Å². The van der Waals surface area contributed by atoms with E-state index in [2.05, 4.69) is 10.6 Å². The van der Waals surface area contributed by atoms with E-state index in [-0.39, 0.29) is 23.8 Å². The number of hydrogen-bond donors (Lipinski definition) is 2. The van der Waals surface area contributed by atoms with Crippen LogP contribution in [0.25, 0.3) is 0 Å². The first-order valence-corrected chi connectivity index (χ1v) is 10.2. The summed E-state index contributed by atoms with van der Waals surface area (Å²) < 4.78 is 16.7. The Kier molecular flexibility index (Phi) is 4.62. The van der Waals surface area contributed by atoms with Crippen molar-refractivity contribution in [2.24, 2.45) is 11.8 Å². The third kappa shape index (κ3) is 3.10. The Bertz CT molecular complexity index is 1010. The van der Waals surface area contributed by atoms with Crippen molar-refractivity contribution in [3.63, 3.8) is 0 Å². The lowest BCUT2D eigenvalue weighted by molar-refractivity contribution is 0.0929. The number of nitrogens with one attached hydrogen (secondary N) is 2. The highest BCUT2D eigenvalue weighted by Crippen LogP contribution is 2.45. The van der Waals surface area contributed by atoms with Crippen LogP contribution in [-0.4, -0.2) is 51.8 Å². The van der Waals surface area contributed by atoms with Crippen molar-refractivity contribution in [2.45, 2.75) is 12.0 Å². The van der Waals surface area contributed by atoms with Crippen LogP contribution in [0.2, 0.25) is 0 Å². The molecule has 2 amide bonds. The second kappa shape index (κ2) is 7.32. The molecule has 0 radical (unpaired) electrons. The van der Waals surface area contributed by atoms with Crippen LogP contribution in [0.15, 0.2) is 36.4 Å². The molecule has 0 spiro atoms. The zero-order valence-corrected chi connectivity index (χ0v) is 16.9. The Morgan fingerprint density at radius 1 is 1.07 bits per heavy atom. The topological polar surface area (TPSA) is 85.9 Å². The van der Waals surface area contributed by atoms with E-state index in [0.717, 1.165) is 16.9 Å². The smallest absolute Gasteiger partial charge is 0.254 e. The van der Waals surface area contributed by atoms with E-state index in [4.69, 9.17) is 14.2 Å². The minimum absolute atomic E-state index is 0.0834. The molecule has 156 valence electrons. The van der Waals surface area contributed by atoms with E-state index < -0.39 is 0 Å². The summed E-state index contributed by atoms with van der Waals surface area (Å²) in [6, 6.07) is 11.4. The fourth-order valence-corrected chi connectivity index (χ4v) is 4.58. The van der Waals surface area contributed by atoms with Crippen molar-refractivity contribution in [3.8, 4) is 11.5 Å². The summed E-state index contributed by atoms with van der Waals surface area (Å²) in [4.78, 5) is 25.5. The maximum Gasteiger partial charge on any atom is 0.254 e. The molecule has 0 bridgehead atoms. The second-order valence-corrected chi connectivity index (χ2v) is 8.03. The number of fused-ring (bicyclic) bond motifs is 2. The Labute approximate surface area is 174 Å². The quantitative estimate of drug-likeness (QED) is 0.790. The van der Waals surface area contributed by atoms with Crippen molar-refractivity contribution < 1.29 is 23.8 Å². The molecule has 1 unspecified atom stereocenters. The fourth-order valence-electron chi connectivity index (χ4n) is 4.58. The van der Waals surface area contributed by atoms with Crippen LogP contribution in [0, 0.1) is 11.8 Å². The van der Waals surface area contributed by atoms with Gasteiger partial charge >= 0.3 is 0 Å². The summed E-state index contributed by atoms with van der Waals surface area (Å²) in [6.07, 6.45) is 0. The van der Waals surface area contributed by atoms with E-state index in [1.54, 1.807) is 20.2 Å². The molecular weight excluding hydrogens is 384 g/mol. The van der Waals surface area contributed by atoms with Gasteiger partial charge in [-0.25, -0.2) is 0 Å². The van der Waals surface area contributed by atoms with E-state index in [1.807, 2.05) is 30.3 Å². The van der Waals surface area contributed by atoms with E-state index in [0.29, 0.717) is 48.5 Å². The summed E-state index contributed by atoms with van der Waals surface area (Å²) >= 11 is 0. The predicted octanol–water partition coefficient (Wildman–Crippen LogP) is 1.95. The summed E-state index contributed by atoms with van der Waals surface area (Å²) in [6.45, 7) is 1.81. The molecule has 0 aromatic heterocycles. The molecule has 1 saturated carbocycles. The molecule has 3 aliphatic rings. The maximum atomic E-state index is 13.0. The normalized spacial score (nSPS) is 25.7. The molecule has 7 nitrogen and oxygen atoms in total. The Hall–Kier alpha value is -3.06. The molecule has 2 N–H and O–H groups in total. The maximum absolute atomic E-state index is 13.0. The summed E-state index contributed by atoms with van der Waals surface area (Å²) in [7, 11) is 3.20. The number of amides is 2. The first-order valence-electron chi connectivity index (χ1n) is 10.2. The van der Waals surface area contributed by atoms with Gasteiger partial charge in [0.25, 0.3) is 11.8 Å². The molecule has 2 heterocycles. The van der Waals surface area contributed by atoms with Gasteiger partial charge in [-0.15, -0.1) is 0 Å². The number of carbonyl (C=O) groups excluding carboxylic acids is 2. The molecule has 2 aromatic carbocycles. The zero-order chi connectivity index (χ0) is 20.8. The second-order valence-electron chi connectivity index (χ2n) is 8.03. The Morgan fingerprint density at radius 2 is 1.87 bits per heavy atom. The third-order valence-corrected chi connectivity index (χ3v) is 6.37. The van der Waals surface area contributed by atoms with E-state index in [1.165, 1.54) is 0 Å². The number of carbonyl (C=O) groups is 2. The van der Waals surface area contributed by atoms with Crippen LogP contribution in [0.1, 0.15) is 37.8 Å². The average Bonchev–Trinajstić information content (AvgIpc) is 3.15. The van der Waals surface area contributed by atoms with Crippen LogP contribution in [0.5, 0.6) is 11.5 Å². The van der Waals surface area contributed by atoms with Gasteiger partial charge in [-0.05, 0) is 29.8 Å². The van der Waals surface area contributed by atoms with Gasteiger partial charge in [0.15, 0.2) is 0 Å². The summed E-state index contributed by atoms with van der Waals surface area (Å²) in [5, 5.41) is 5.76. The number of ether oxygens (including phenoxy) is 3. The average molecular weight is 408 g/mol. The molecule has 1 saturated heterocycles. The van der Waals surface area contributed by atoms with Crippen LogP contribution in [0.4, 0.5) is 0 Å². The van der Waals surface area contributed by atoms with Crippen LogP contribution < -0.4 is 20.1 Å². The number of methoxy groups -OCH3 is 1. The van der Waals surface area contributed by atoms with Crippen LogP contribution >= 0.6 is 0 Å². The number of rotatable bonds is 5. The van der Waals surface area contributed by atoms with Crippen LogP contribution in [0.3, 0.4) is 0 Å². The standard InChI is InChI=1S/C23H24N2O5/c1-24-23(27)16-8-13(22(26)25-20-18-9-29-10-19(18)20)7-15-17(11-30-21(15)16)12-4-3-5-14(6-12)28-2/h3-8,17-20H,9-11H2,1-2H3,(H,24,27)(H,25,26)/t17-,18-,19+,20?/m0/s1. The Morgan fingerprint density at radius 3 is 2.60 bits per heavy atom. The SMILES string of the molecule is CNC(=O)c1cc(C(=O)NC2[C@H]3COC[C@@H]23)cc2c1OC[C@H]2c1cccc(OC)c1. The van der Waals surface area contributed by atoms with Gasteiger partial charge in [0.1, 0.15) is 11.5 Å². The van der Waals surface area contributed by atoms with Crippen molar-refractivity contribution in [1.29, 1.82) is 0 Å². The first kappa shape index (κ1) is 18.9. The number of benzene rings is 2. The molecule has 1 aliphatic carbocycles. The van der Waals surface area contributed by atoms with Gasteiger partial charge in [0.2, 0.25) is 0 Å². The fraction of sp³-hybridized carbons (Fsp3) is 0.391. The monoisotopic (exact) mass is 408 g/mol. The van der Waals surface area contributed by atoms with Crippen molar-refractivity contribution >= 4 is 11.8 Å². The molecule has 2 aromatic rings. The largest absolute Gasteiger partial charge is 0.497 e. The van der Waals surface area contributed by atoms with Crippen LogP contribution in [-0.2, 0) is 4.74 Å². The summed E-state index contributed by atoms with van der Waals surface area (Å²) in [5.74, 6) is 1.59. The highest BCUT2D eigenvalue weighted by Gasteiger charge is 2.54. The molecular formula is C23H24N2O5. The van der Waals surface area contributed by atoms with Gasteiger partial charge < -0.3 is 24.8 Å². The number of hydrogen-bond acceptors (Lipinski definition) is 5. The Balaban J connectivity index is 1.50. The van der Waals surface area contributed by atoms with E-state index in [9.17, 15) is 9.59 Å². The van der Waals surface area contributed by atoms with Crippen molar-refractivity contribution in [2.75, 3.05) is 34.0 Å². The zero-order valence-electron chi connectivity index (χ0n) is 16.9. The van der Waals surface area contributed by atoms with Gasteiger partial charge in [-0.1, -0.05) is 12.1 Å². The van der Waals surface area contributed by atoms with Gasteiger partial charge in [-0.3, -0.25) is 9.59 Å². The van der Waals surface area contributed by atoms with Gasteiger partial charge in [0, 0.05) is 42.0 Å².